The summed E-state index contributed by atoms with van der Waals surface area (Å²) in [5.41, 5.74) is 4.59. The van der Waals surface area contributed by atoms with Crippen molar-refractivity contribution >= 4 is 5.69 Å². The first kappa shape index (κ1) is 13.5. The zero-order chi connectivity index (χ0) is 13.8. The largest absolute Gasteiger partial charge is 0.494 e. The van der Waals surface area contributed by atoms with Crippen LogP contribution < -0.4 is 10.1 Å². The summed E-state index contributed by atoms with van der Waals surface area (Å²) in [5, 5.41) is 7.84. The minimum absolute atomic E-state index is 0.685. The fourth-order valence-corrected chi connectivity index (χ4v) is 2.13. The molecule has 4 heteroatoms. The first-order valence-corrected chi connectivity index (χ1v) is 6.57. The third-order valence-electron chi connectivity index (χ3n) is 3.27. The number of hydrogen-bond donors (Lipinski definition) is 1. The number of benzene rings is 1. The van der Waals surface area contributed by atoms with Crippen LogP contribution in [0.2, 0.25) is 0 Å². The van der Waals surface area contributed by atoms with Crippen LogP contribution in [0.3, 0.4) is 0 Å². The van der Waals surface area contributed by atoms with Gasteiger partial charge in [0.05, 0.1) is 12.3 Å². The lowest BCUT2D eigenvalue weighted by molar-refractivity contribution is 0.340. The monoisotopic (exact) mass is 259 g/mol. The highest BCUT2D eigenvalue weighted by molar-refractivity contribution is 5.49. The van der Waals surface area contributed by atoms with Crippen molar-refractivity contribution in [2.75, 3.05) is 11.9 Å². The van der Waals surface area contributed by atoms with E-state index in [9.17, 15) is 0 Å². The van der Waals surface area contributed by atoms with Gasteiger partial charge in [-0.25, -0.2) is 0 Å². The van der Waals surface area contributed by atoms with Crippen molar-refractivity contribution in [3.05, 3.63) is 41.2 Å². The normalized spacial score (nSPS) is 10.5. The molecule has 0 radical (unpaired) electrons. The average Bonchev–Trinajstić information content (AvgIpc) is 2.62. The Morgan fingerprint density at radius 1 is 1.32 bits per heavy atom. The third-order valence-corrected chi connectivity index (χ3v) is 3.27. The Bertz CT molecular complexity index is 561. The Labute approximate surface area is 114 Å². The first-order valence-electron chi connectivity index (χ1n) is 6.57. The Morgan fingerprint density at radius 3 is 2.74 bits per heavy atom. The lowest BCUT2D eigenvalue weighted by Crippen LogP contribution is -2.02. The van der Waals surface area contributed by atoms with Gasteiger partial charge in [-0.15, -0.1) is 0 Å². The number of nitrogens with one attached hydrogen (secondary N) is 1. The van der Waals surface area contributed by atoms with Crippen LogP contribution in [0.25, 0.3) is 0 Å². The van der Waals surface area contributed by atoms with Gasteiger partial charge in [-0.2, -0.15) is 5.10 Å². The Morgan fingerprint density at radius 2 is 2.11 bits per heavy atom. The van der Waals surface area contributed by atoms with Crippen molar-refractivity contribution in [1.29, 1.82) is 0 Å². The quantitative estimate of drug-likeness (QED) is 0.897. The standard InChI is InChI=1S/C15H21N3O/c1-5-19-14-8-6-7-13(9-14)16-10-15-11(2)17-18(4)12(15)3/h6-9,16H,5,10H2,1-4H3. The highest BCUT2D eigenvalue weighted by atomic mass is 16.5. The topological polar surface area (TPSA) is 39.1 Å². The maximum absolute atomic E-state index is 5.49. The van der Waals surface area contributed by atoms with Gasteiger partial charge in [0, 0.05) is 36.6 Å². The summed E-state index contributed by atoms with van der Waals surface area (Å²) in [5.74, 6) is 0.895. The molecule has 0 aliphatic heterocycles. The molecule has 0 spiro atoms. The van der Waals surface area contributed by atoms with Gasteiger partial charge in [-0.3, -0.25) is 4.68 Å². The van der Waals surface area contributed by atoms with E-state index < -0.39 is 0 Å². The second kappa shape index (κ2) is 5.78. The molecule has 0 saturated heterocycles. The summed E-state index contributed by atoms with van der Waals surface area (Å²) in [6, 6.07) is 8.03. The molecular formula is C15H21N3O. The Hall–Kier alpha value is -1.97. The Balaban J connectivity index is 2.08. The van der Waals surface area contributed by atoms with Crippen molar-refractivity contribution in [3.8, 4) is 5.75 Å². The summed E-state index contributed by atoms with van der Waals surface area (Å²) in [6.45, 7) is 7.59. The molecule has 1 aromatic carbocycles. The molecule has 2 rings (SSSR count). The van der Waals surface area contributed by atoms with Crippen LogP contribution in [0, 0.1) is 13.8 Å². The van der Waals surface area contributed by atoms with Gasteiger partial charge in [-0.1, -0.05) is 6.07 Å². The van der Waals surface area contributed by atoms with Crippen molar-refractivity contribution < 1.29 is 4.74 Å². The lowest BCUT2D eigenvalue weighted by Gasteiger charge is -2.09. The first-order chi connectivity index (χ1) is 9.11. The Kier molecular flexibility index (Phi) is 4.10. The molecule has 0 aliphatic rings. The summed E-state index contributed by atoms with van der Waals surface area (Å²) in [7, 11) is 1.97. The van der Waals surface area contributed by atoms with E-state index in [-0.39, 0.29) is 0 Å². The zero-order valence-corrected chi connectivity index (χ0v) is 12.0. The fourth-order valence-electron chi connectivity index (χ4n) is 2.13. The minimum atomic E-state index is 0.685. The predicted molar refractivity (Wildman–Crippen MR) is 77.6 cm³/mol. The molecule has 1 heterocycles. The number of nitrogens with zero attached hydrogens (tertiary/aromatic N) is 2. The van der Waals surface area contributed by atoms with Crippen LogP contribution in [-0.4, -0.2) is 16.4 Å². The van der Waals surface area contributed by atoms with Crippen LogP contribution in [0.4, 0.5) is 5.69 Å². The molecule has 1 N–H and O–H groups in total. The van der Waals surface area contributed by atoms with E-state index in [1.54, 1.807) is 0 Å². The van der Waals surface area contributed by atoms with E-state index in [4.69, 9.17) is 4.74 Å². The van der Waals surface area contributed by atoms with Gasteiger partial charge in [0.15, 0.2) is 0 Å². The van der Waals surface area contributed by atoms with Gasteiger partial charge in [-0.05, 0) is 32.9 Å². The molecule has 1 aromatic heterocycles. The van der Waals surface area contributed by atoms with E-state index in [0.29, 0.717) is 6.61 Å². The number of anilines is 1. The van der Waals surface area contributed by atoms with Gasteiger partial charge in [0.2, 0.25) is 0 Å². The van der Waals surface area contributed by atoms with Crippen LogP contribution in [-0.2, 0) is 13.6 Å². The maximum atomic E-state index is 5.49. The van der Waals surface area contributed by atoms with Gasteiger partial charge >= 0.3 is 0 Å². The van der Waals surface area contributed by atoms with Crippen molar-refractivity contribution in [2.24, 2.45) is 7.05 Å². The molecule has 4 nitrogen and oxygen atoms in total. The molecule has 0 saturated carbocycles. The summed E-state index contributed by atoms with van der Waals surface area (Å²) >= 11 is 0. The molecule has 2 aromatic rings. The lowest BCUT2D eigenvalue weighted by atomic mass is 10.2. The molecule has 0 amide bonds. The zero-order valence-electron chi connectivity index (χ0n) is 12.0. The van der Waals surface area contributed by atoms with E-state index in [1.165, 1.54) is 11.3 Å². The van der Waals surface area contributed by atoms with Crippen LogP contribution in [0.1, 0.15) is 23.9 Å². The highest BCUT2D eigenvalue weighted by Crippen LogP contribution is 2.19. The van der Waals surface area contributed by atoms with Crippen molar-refractivity contribution in [1.82, 2.24) is 9.78 Å². The second-order valence-corrected chi connectivity index (χ2v) is 4.59. The molecule has 0 bridgehead atoms. The fraction of sp³-hybridized carbons (Fsp3) is 0.400. The molecule has 0 fully saturated rings. The van der Waals surface area contributed by atoms with E-state index in [1.807, 2.05) is 49.8 Å². The molecule has 102 valence electrons. The minimum Gasteiger partial charge on any atom is -0.494 e. The van der Waals surface area contributed by atoms with Crippen LogP contribution >= 0.6 is 0 Å². The van der Waals surface area contributed by atoms with Gasteiger partial charge in [0.1, 0.15) is 5.75 Å². The molecule has 0 aliphatic carbocycles. The van der Waals surface area contributed by atoms with E-state index in [0.717, 1.165) is 23.7 Å². The van der Waals surface area contributed by atoms with Crippen LogP contribution in [0.15, 0.2) is 24.3 Å². The maximum Gasteiger partial charge on any atom is 0.121 e. The summed E-state index contributed by atoms with van der Waals surface area (Å²) < 4.78 is 7.41. The number of aromatic nitrogens is 2. The molecule has 0 atom stereocenters. The number of aryl methyl sites for hydroxylation is 2. The van der Waals surface area contributed by atoms with Gasteiger partial charge < -0.3 is 10.1 Å². The average molecular weight is 259 g/mol. The number of ether oxygens (including phenoxy) is 1. The second-order valence-electron chi connectivity index (χ2n) is 4.59. The van der Waals surface area contributed by atoms with Crippen molar-refractivity contribution in [3.63, 3.8) is 0 Å². The van der Waals surface area contributed by atoms with E-state index >= 15 is 0 Å². The number of hydrogen-bond acceptors (Lipinski definition) is 3. The van der Waals surface area contributed by atoms with Crippen molar-refractivity contribution in [2.45, 2.75) is 27.3 Å². The number of rotatable bonds is 5. The SMILES string of the molecule is CCOc1cccc(NCc2c(C)nn(C)c2C)c1. The predicted octanol–water partition coefficient (Wildman–Crippen LogP) is 3.05. The third kappa shape index (κ3) is 3.08. The van der Waals surface area contributed by atoms with Crippen LogP contribution in [0.5, 0.6) is 5.75 Å². The highest BCUT2D eigenvalue weighted by Gasteiger charge is 2.08. The van der Waals surface area contributed by atoms with Gasteiger partial charge in [0.25, 0.3) is 0 Å². The molecular weight excluding hydrogens is 238 g/mol. The molecule has 19 heavy (non-hydrogen) atoms. The molecule has 0 unspecified atom stereocenters. The van der Waals surface area contributed by atoms with E-state index in [2.05, 4.69) is 17.3 Å². The summed E-state index contributed by atoms with van der Waals surface area (Å²) in [4.78, 5) is 0. The summed E-state index contributed by atoms with van der Waals surface area (Å²) in [6.07, 6.45) is 0. The smallest absolute Gasteiger partial charge is 0.121 e.